The van der Waals surface area contributed by atoms with Gasteiger partial charge in [0.15, 0.2) is 8.11 Å². The second kappa shape index (κ2) is 4.00. The lowest BCUT2D eigenvalue weighted by atomic mass is 10.0. The Kier molecular flexibility index (Phi) is 2.61. The minimum absolute atomic E-state index is 0.473. The maximum absolute atomic E-state index is 6.42. The van der Waals surface area contributed by atoms with Gasteiger partial charge in [-0.25, -0.2) is 0 Å². The second-order valence-corrected chi connectivity index (χ2v) is 8.24. The molecule has 0 fully saturated rings. The first kappa shape index (κ1) is 11.1. The van der Waals surface area contributed by atoms with E-state index in [2.05, 4.69) is 55.9 Å². The predicted molar refractivity (Wildman–Crippen MR) is 77.8 cm³/mol. The fraction of sp³-hybridized carbons (Fsp3) is 0.200. The third kappa shape index (κ3) is 1.65. The highest BCUT2D eigenvalue weighted by molar-refractivity contribution is 7.07. The highest BCUT2D eigenvalue weighted by Gasteiger charge is 2.28. The first-order valence-corrected chi connectivity index (χ1v) is 8.96. The summed E-state index contributed by atoms with van der Waals surface area (Å²) >= 11 is 6.42. The van der Waals surface area contributed by atoms with Gasteiger partial charge in [0.25, 0.3) is 0 Å². The van der Waals surface area contributed by atoms with Crippen molar-refractivity contribution in [3.8, 4) is 0 Å². The molecule has 0 spiro atoms. The fourth-order valence-electron chi connectivity index (χ4n) is 2.81. The van der Waals surface area contributed by atoms with Crippen molar-refractivity contribution in [1.29, 1.82) is 0 Å². The van der Waals surface area contributed by atoms with Gasteiger partial charge >= 0.3 is 0 Å². The summed E-state index contributed by atoms with van der Waals surface area (Å²) in [6.45, 7) is 4.38. The van der Waals surface area contributed by atoms with E-state index in [1.807, 2.05) is 0 Å². The molecule has 2 heteroatoms. The van der Waals surface area contributed by atoms with Crippen LogP contribution in [0, 0.1) is 0 Å². The van der Waals surface area contributed by atoms with E-state index in [9.17, 15) is 0 Å². The zero-order valence-electron chi connectivity index (χ0n) is 10.00. The van der Waals surface area contributed by atoms with Crippen LogP contribution in [0.4, 0.5) is 0 Å². The molecule has 0 heterocycles. The lowest BCUT2D eigenvalue weighted by molar-refractivity contribution is 1.12. The Balaban J connectivity index is 2.30. The van der Waals surface area contributed by atoms with Crippen LogP contribution < -0.4 is 0 Å². The van der Waals surface area contributed by atoms with E-state index in [-0.39, 0.29) is 0 Å². The molecule has 0 saturated carbocycles. The Morgan fingerprint density at radius 3 is 2.65 bits per heavy atom. The fourth-order valence-corrected chi connectivity index (χ4v) is 5.07. The molecule has 0 N–H and O–H groups in total. The van der Waals surface area contributed by atoms with Crippen LogP contribution >= 0.6 is 11.1 Å². The van der Waals surface area contributed by atoms with Crippen LogP contribution in [-0.4, -0.2) is 8.11 Å². The quantitative estimate of drug-likeness (QED) is 0.511. The number of hydrogen-bond acceptors (Lipinski definition) is 0. The molecule has 1 aliphatic carbocycles. The molecular weight excluding hydrogens is 244 g/mol. The van der Waals surface area contributed by atoms with Crippen LogP contribution in [0.15, 0.2) is 42.0 Å². The highest BCUT2D eigenvalue weighted by atomic mass is 35.6. The number of rotatable bonds is 1. The topological polar surface area (TPSA) is 0 Å². The molecule has 2 aromatic rings. The molecule has 3 rings (SSSR count). The van der Waals surface area contributed by atoms with E-state index in [0.29, 0.717) is 5.54 Å². The summed E-state index contributed by atoms with van der Waals surface area (Å²) < 4.78 is 0. The number of hydrogen-bond donors (Lipinski definition) is 0. The minimum atomic E-state index is -0.837. The Labute approximate surface area is 108 Å². The molecule has 1 aliphatic rings. The van der Waals surface area contributed by atoms with E-state index >= 15 is 0 Å². The summed E-state index contributed by atoms with van der Waals surface area (Å²) in [5.41, 5.74) is 4.70. The van der Waals surface area contributed by atoms with E-state index in [1.165, 1.54) is 27.5 Å². The number of halogens is 1. The van der Waals surface area contributed by atoms with Crippen LogP contribution in [0.1, 0.15) is 23.6 Å². The monoisotopic (exact) mass is 257 g/mol. The molecular formula is C15H14ClSi. The van der Waals surface area contributed by atoms with Gasteiger partial charge in [-0.2, -0.15) is 11.1 Å². The summed E-state index contributed by atoms with van der Waals surface area (Å²) in [7, 11) is -0.837. The molecule has 0 aliphatic heterocycles. The van der Waals surface area contributed by atoms with E-state index < -0.39 is 8.11 Å². The van der Waals surface area contributed by atoms with Crippen LogP contribution in [0.5, 0.6) is 0 Å². The van der Waals surface area contributed by atoms with Gasteiger partial charge in [-0.3, -0.25) is 0 Å². The average Bonchev–Trinajstić information content (AvgIpc) is 2.65. The maximum Gasteiger partial charge on any atom is 0.174 e. The van der Waals surface area contributed by atoms with Crippen molar-refractivity contribution in [2.24, 2.45) is 0 Å². The maximum atomic E-state index is 6.42. The van der Waals surface area contributed by atoms with Crippen molar-refractivity contribution in [3.05, 3.63) is 53.1 Å². The van der Waals surface area contributed by atoms with Crippen LogP contribution in [0.2, 0.25) is 6.55 Å². The van der Waals surface area contributed by atoms with Crippen LogP contribution in [0.25, 0.3) is 16.8 Å². The third-order valence-electron chi connectivity index (χ3n) is 3.54. The lowest BCUT2D eigenvalue weighted by Gasteiger charge is -2.15. The zero-order valence-corrected chi connectivity index (χ0v) is 11.8. The van der Waals surface area contributed by atoms with Gasteiger partial charge in [0.1, 0.15) is 0 Å². The zero-order chi connectivity index (χ0) is 12.0. The van der Waals surface area contributed by atoms with Crippen molar-refractivity contribution in [2.45, 2.75) is 19.0 Å². The van der Waals surface area contributed by atoms with E-state index in [4.69, 9.17) is 11.1 Å². The molecule has 0 amide bonds. The van der Waals surface area contributed by atoms with Gasteiger partial charge in [0.05, 0.1) is 0 Å². The summed E-state index contributed by atoms with van der Waals surface area (Å²) in [5, 5.41) is 2.67. The van der Waals surface area contributed by atoms with Gasteiger partial charge in [-0.05, 0) is 28.8 Å². The largest absolute Gasteiger partial charge is 0.174 e. The standard InChI is InChI=1S/C15H14ClSi/c1-10-9-14-12-6-4-3-5-11(12)7-8-13(14)15(10)17(2)16/h3-9,15H,1-2H3. The molecule has 1 atom stereocenters. The van der Waals surface area contributed by atoms with E-state index in [1.54, 1.807) is 0 Å². The van der Waals surface area contributed by atoms with Gasteiger partial charge in [0, 0.05) is 5.54 Å². The van der Waals surface area contributed by atoms with Crippen molar-refractivity contribution >= 4 is 36.0 Å². The van der Waals surface area contributed by atoms with Crippen molar-refractivity contribution in [3.63, 3.8) is 0 Å². The summed E-state index contributed by atoms with van der Waals surface area (Å²) in [4.78, 5) is 0. The Morgan fingerprint density at radius 2 is 1.88 bits per heavy atom. The Hall–Kier alpha value is -1.05. The lowest BCUT2D eigenvalue weighted by Crippen LogP contribution is -2.12. The summed E-state index contributed by atoms with van der Waals surface area (Å²) in [5.74, 6) is 0. The van der Waals surface area contributed by atoms with Gasteiger partial charge < -0.3 is 0 Å². The van der Waals surface area contributed by atoms with Crippen molar-refractivity contribution < 1.29 is 0 Å². The molecule has 0 bridgehead atoms. The molecule has 85 valence electrons. The van der Waals surface area contributed by atoms with E-state index in [0.717, 1.165) is 0 Å². The van der Waals surface area contributed by atoms with Gasteiger partial charge in [-0.1, -0.05) is 54.6 Å². The highest BCUT2D eigenvalue weighted by Crippen LogP contribution is 2.41. The SMILES string of the molecule is CC1=Cc2c(ccc3ccccc23)C1[Si](C)Cl. The number of fused-ring (bicyclic) bond motifs is 3. The molecule has 1 radical (unpaired) electrons. The molecule has 2 aromatic carbocycles. The summed E-state index contributed by atoms with van der Waals surface area (Å²) in [6, 6.07) is 13.0. The normalized spacial score (nSPS) is 18.6. The first-order valence-electron chi connectivity index (χ1n) is 5.87. The Morgan fingerprint density at radius 1 is 1.12 bits per heavy atom. The molecule has 0 aromatic heterocycles. The second-order valence-electron chi connectivity index (χ2n) is 4.70. The number of benzene rings is 2. The molecule has 0 nitrogen and oxygen atoms in total. The minimum Gasteiger partial charge on any atom is -0.168 e. The van der Waals surface area contributed by atoms with Crippen LogP contribution in [-0.2, 0) is 0 Å². The predicted octanol–water partition coefficient (Wildman–Crippen LogP) is 4.74. The first-order chi connectivity index (χ1) is 8.18. The summed E-state index contributed by atoms with van der Waals surface area (Å²) in [6.07, 6.45) is 2.32. The Bertz CT molecular complexity index is 613. The third-order valence-corrected chi connectivity index (χ3v) is 5.76. The molecule has 17 heavy (non-hydrogen) atoms. The van der Waals surface area contributed by atoms with Crippen molar-refractivity contribution in [1.82, 2.24) is 0 Å². The number of allylic oxidation sites excluding steroid dienone is 1. The van der Waals surface area contributed by atoms with Gasteiger partial charge in [0.2, 0.25) is 0 Å². The average molecular weight is 258 g/mol. The molecule has 0 saturated heterocycles. The van der Waals surface area contributed by atoms with Gasteiger partial charge in [-0.15, -0.1) is 0 Å². The van der Waals surface area contributed by atoms with Crippen molar-refractivity contribution in [2.75, 3.05) is 0 Å². The smallest absolute Gasteiger partial charge is 0.168 e. The molecule has 1 unspecified atom stereocenters. The van der Waals surface area contributed by atoms with Crippen LogP contribution in [0.3, 0.4) is 0 Å².